The van der Waals surface area contributed by atoms with Crippen LogP contribution in [0.2, 0.25) is 0 Å². The first-order valence-corrected chi connectivity index (χ1v) is 4.65. The molecule has 0 saturated carbocycles. The lowest BCUT2D eigenvalue weighted by Crippen LogP contribution is -2.34. The molecule has 1 saturated heterocycles. The van der Waals surface area contributed by atoms with Crippen LogP contribution in [0.1, 0.15) is 6.92 Å². The van der Waals surface area contributed by atoms with E-state index in [1.165, 1.54) is 0 Å². The molecule has 4 nitrogen and oxygen atoms in total. The van der Waals surface area contributed by atoms with E-state index in [0.717, 1.165) is 19.7 Å². The molecule has 1 heterocycles. The van der Waals surface area contributed by atoms with Crippen LogP contribution in [0.5, 0.6) is 0 Å². The summed E-state index contributed by atoms with van der Waals surface area (Å²) in [6.45, 7) is 4.62. The SMILES string of the molecule is COC[C@@H]1CN(C(=O)CN)C[C@@H]1C. The predicted molar refractivity (Wildman–Crippen MR) is 50.2 cm³/mol. The lowest BCUT2D eigenvalue weighted by Gasteiger charge is -2.14. The number of ether oxygens (including phenoxy) is 1. The molecule has 0 aliphatic carbocycles. The van der Waals surface area contributed by atoms with E-state index in [1.807, 2.05) is 4.90 Å². The van der Waals surface area contributed by atoms with E-state index in [-0.39, 0.29) is 12.5 Å². The predicted octanol–water partition coefficient (Wildman–Crippen LogP) is -0.314. The summed E-state index contributed by atoms with van der Waals surface area (Å²) in [6, 6.07) is 0. The molecule has 1 aliphatic rings. The average Bonchev–Trinajstić information content (AvgIpc) is 2.47. The molecule has 0 radical (unpaired) electrons. The Balaban J connectivity index is 2.44. The highest BCUT2D eigenvalue weighted by atomic mass is 16.5. The van der Waals surface area contributed by atoms with Crippen molar-refractivity contribution in [3.8, 4) is 0 Å². The Morgan fingerprint density at radius 2 is 2.31 bits per heavy atom. The van der Waals surface area contributed by atoms with E-state index < -0.39 is 0 Å². The molecule has 0 aromatic carbocycles. The van der Waals surface area contributed by atoms with Crippen LogP contribution >= 0.6 is 0 Å². The molecule has 0 spiro atoms. The van der Waals surface area contributed by atoms with E-state index in [9.17, 15) is 4.79 Å². The highest BCUT2D eigenvalue weighted by Crippen LogP contribution is 2.22. The molecule has 13 heavy (non-hydrogen) atoms. The number of hydrogen-bond acceptors (Lipinski definition) is 3. The van der Waals surface area contributed by atoms with Crippen LogP contribution in [0.25, 0.3) is 0 Å². The molecule has 1 aliphatic heterocycles. The van der Waals surface area contributed by atoms with Gasteiger partial charge in [0.2, 0.25) is 5.91 Å². The van der Waals surface area contributed by atoms with Crippen molar-refractivity contribution in [2.45, 2.75) is 6.92 Å². The summed E-state index contributed by atoms with van der Waals surface area (Å²) in [7, 11) is 1.69. The first kappa shape index (κ1) is 10.5. The third kappa shape index (κ3) is 2.42. The Kier molecular flexibility index (Phi) is 3.69. The number of carbonyl (C=O) groups is 1. The quantitative estimate of drug-likeness (QED) is 0.657. The monoisotopic (exact) mass is 186 g/mol. The van der Waals surface area contributed by atoms with Gasteiger partial charge in [0.15, 0.2) is 0 Å². The van der Waals surface area contributed by atoms with Gasteiger partial charge in [-0.2, -0.15) is 0 Å². The van der Waals surface area contributed by atoms with Gasteiger partial charge in [-0.3, -0.25) is 4.79 Å². The van der Waals surface area contributed by atoms with Gasteiger partial charge >= 0.3 is 0 Å². The molecule has 0 bridgehead atoms. The van der Waals surface area contributed by atoms with Crippen molar-refractivity contribution < 1.29 is 9.53 Å². The zero-order valence-electron chi connectivity index (χ0n) is 8.32. The highest BCUT2D eigenvalue weighted by molar-refractivity contribution is 5.78. The van der Waals surface area contributed by atoms with Gasteiger partial charge in [0.1, 0.15) is 0 Å². The van der Waals surface area contributed by atoms with Crippen molar-refractivity contribution in [3.05, 3.63) is 0 Å². The van der Waals surface area contributed by atoms with Gasteiger partial charge in [-0.25, -0.2) is 0 Å². The maximum Gasteiger partial charge on any atom is 0.236 e. The summed E-state index contributed by atoms with van der Waals surface area (Å²) in [5.41, 5.74) is 5.29. The minimum atomic E-state index is 0.0467. The number of hydrogen-bond donors (Lipinski definition) is 1. The molecule has 4 heteroatoms. The Hall–Kier alpha value is -0.610. The minimum Gasteiger partial charge on any atom is -0.384 e. The summed E-state index contributed by atoms with van der Waals surface area (Å²) in [5, 5.41) is 0. The van der Waals surface area contributed by atoms with Crippen LogP contribution < -0.4 is 5.73 Å². The van der Waals surface area contributed by atoms with Crippen molar-refractivity contribution in [3.63, 3.8) is 0 Å². The van der Waals surface area contributed by atoms with E-state index in [1.54, 1.807) is 7.11 Å². The van der Waals surface area contributed by atoms with Gasteiger partial charge in [-0.1, -0.05) is 6.92 Å². The fraction of sp³-hybridized carbons (Fsp3) is 0.889. The minimum absolute atomic E-state index is 0.0467. The normalized spacial score (nSPS) is 28.1. The van der Waals surface area contributed by atoms with Crippen LogP contribution in [-0.4, -0.2) is 44.2 Å². The molecular weight excluding hydrogens is 168 g/mol. The molecule has 0 aromatic heterocycles. The van der Waals surface area contributed by atoms with Gasteiger partial charge in [0.05, 0.1) is 13.2 Å². The topological polar surface area (TPSA) is 55.6 Å². The second-order valence-corrected chi connectivity index (χ2v) is 3.70. The summed E-state index contributed by atoms with van der Waals surface area (Å²) in [4.78, 5) is 13.1. The fourth-order valence-corrected chi connectivity index (χ4v) is 1.80. The summed E-state index contributed by atoms with van der Waals surface area (Å²) in [5.74, 6) is 1.04. The number of nitrogens with two attached hydrogens (primary N) is 1. The second-order valence-electron chi connectivity index (χ2n) is 3.70. The Labute approximate surface area is 79.0 Å². The lowest BCUT2D eigenvalue weighted by atomic mass is 10.00. The molecule has 1 rings (SSSR count). The first-order valence-electron chi connectivity index (χ1n) is 4.65. The second kappa shape index (κ2) is 4.58. The summed E-state index contributed by atoms with van der Waals surface area (Å²) >= 11 is 0. The Bertz CT molecular complexity index is 184. The maximum atomic E-state index is 11.3. The average molecular weight is 186 g/mol. The van der Waals surface area contributed by atoms with Gasteiger partial charge in [0.25, 0.3) is 0 Å². The van der Waals surface area contributed by atoms with E-state index in [2.05, 4.69) is 6.92 Å². The third-order valence-corrected chi connectivity index (χ3v) is 2.68. The van der Waals surface area contributed by atoms with Crippen LogP contribution in [0.3, 0.4) is 0 Å². The molecule has 0 unspecified atom stereocenters. The highest BCUT2D eigenvalue weighted by Gasteiger charge is 2.31. The Morgan fingerprint density at radius 3 is 2.85 bits per heavy atom. The summed E-state index contributed by atoms with van der Waals surface area (Å²) < 4.78 is 5.09. The van der Waals surface area contributed by atoms with Crippen molar-refractivity contribution >= 4 is 5.91 Å². The van der Waals surface area contributed by atoms with Crippen molar-refractivity contribution in [1.82, 2.24) is 4.90 Å². The van der Waals surface area contributed by atoms with E-state index >= 15 is 0 Å². The summed E-state index contributed by atoms with van der Waals surface area (Å²) in [6.07, 6.45) is 0. The standard InChI is InChI=1S/C9H18N2O2/c1-7-4-11(9(12)3-10)5-8(7)6-13-2/h7-8H,3-6,10H2,1-2H3/t7-,8-/m0/s1. The molecule has 1 fully saturated rings. The molecule has 2 atom stereocenters. The number of carbonyl (C=O) groups excluding carboxylic acids is 1. The number of amides is 1. The van der Waals surface area contributed by atoms with Crippen molar-refractivity contribution in [2.24, 2.45) is 17.6 Å². The zero-order chi connectivity index (χ0) is 9.84. The third-order valence-electron chi connectivity index (χ3n) is 2.68. The molecule has 2 N–H and O–H groups in total. The van der Waals surface area contributed by atoms with Gasteiger partial charge in [0, 0.05) is 26.1 Å². The number of nitrogens with zero attached hydrogens (tertiary/aromatic N) is 1. The van der Waals surface area contributed by atoms with E-state index in [4.69, 9.17) is 10.5 Å². The molecule has 0 aromatic rings. The fourth-order valence-electron chi connectivity index (χ4n) is 1.80. The van der Waals surface area contributed by atoms with Crippen molar-refractivity contribution in [1.29, 1.82) is 0 Å². The van der Waals surface area contributed by atoms with E-state index in [0.29, 0.717) is 11.8 Å². The van der Waals surface area contributed by atoms with Crippen LogP contribution in [0, 0.1) is 11.8 Å². The van der Waals surface area contributed by atoms with Crippen molar-refractivity contribution in [2.75, 3.05) is 33.4 Å². The molecular formula is C9H18N2O2. The smallest absolute Gasteiger partial charge is 0.236 e. The zero-order valence-corrected chi connectivity index (χ0v) is 8.32. The Morgan fingerprint density at radius 1 is 1.62 bits per heavy atom. The van der Waals surface area contributed by atoms with Gasteiger partial charge in [-0.05, 0) is 5.92 Å². The van der Waals surface area contributed by atoms with Crippen LogP contribution in [0.4, 0.5) is 0 Å². The van der Waals surface area contributed by atoms with Gasteiger partial charge in [-0.15, -0.1) is 0 Å². The van der Waals surface area contributed by atoms with Crippen LogP contribution in [-0.2, 0) is 9.53 Å². The van der Waals surface area contributed by atoms with Gasteiger partial charge < -0.3 is 15.4 Å². The molecule has 1 amide bonds. The first-order chi connectivity index (χ1) is 6.19. The number of rotatable bonds is 3. The number of likely N-dealkylation sites (tertiary alicyclic amines) is 1. The number of methoxy groups -OCH3 is 1. The molecule has 76 valence electrons. The van der Waals surface area contributed by atoms with Crippen LogP contribution in [0.15, 0.2) is 0 Å². The largest absolute Gasteiger partial charge is 0.384 e. The lowest BCUT2D eigenvalue weighted by molar-refractivity contribution is -0.128. The maximum absolute atomic E-state index is 11.3.